The topological polar surface area (TPSA) is 92.9 Å². The molecule has 0 bridgehead atoms. The number of carboxylic acid groups (broad SMARTS) is 1. The number of hydrogen-bond donors (Lipinski definition) is 2. The lowest BCUT2D eigenvalue weighted by molar-refractivity contribution is -0.147. The van der Waals surface area contributed by atoms with Gasteiger partial charge in [0.1, 0.15) is 6.61 Å². The lowest BCUT2D eigenvalue weighted by atomic mass is 9.99. The number of carbonyl (C=O) groups is 2. The second-order valence-corrected chi connectivity index (χ2v) is 6.04. The summed E-state index contributed by atoms with van der Waals surface area (Å²) >= 11 is 0. The van der Waals surface area contributed by atoms with Crippen LogP contribution in [0, 0.1) is 5.92 Å². The number of rotatable bonds is 8. The fraction of sp³-hybridized carbons (Fsp3) is 0.867. The maximum Gasteiger partial charge on any atom is 0.329 e. The Morgan fingerprint density at radius 3 is 2.43 bits per heavy atom. The summed E-state index contributed by atoms with van der Waals surface area (Å²) in [6.45, 7) is 5.00. The maximum absolute atomic E-state index is 12.3. The molecule has 122 valence electrons. The number of carbonyl (C=O) groups excluding carboxylic acids is 1. The molecule has 0 radical (unpaired) electrons. The van der Waals surface area contributed by atoms with Gasteiger partial charge in [-0.1, -0.05) is 13.3 Å². The molecule has 2 atom stereocenters. The first kappa shape index (κ1) is 17.9. The zero-order valence-corrected chi connectivity index (χ0v) is 13.1. The molecule has 1 aliphatic heterocycles. The van der Waals surface area contributed by atoms with Crippen molar-refractivity contribution in [1.29, 1.82) is 0 Å². The third kappa shape index (κ3) is 6.91. The van der Waals surface area contributed by atoms with Crippen molar-refractivity contribution in [2.75, 3.05) is 19.7 Å². The third-order valence-electron chi connectivity index (χ3n) is 3.91. The number of nitrogens with zero attached hydrogens (tertiary/aromatic N) is 1. The molecule has 6 heteroatoms. The molecule has 0 aromatic carbocycles. The third-order valence-corrected chi connectivity index (χ3v) is 3.91. The van der Waals surface area contributed by atoms with Crippen molar-refractivity contribution in [3.05, 3.63) is 0 Å². The van der Waals surface area contributed by atoms with E-state index in [0.717, 1.165) is 19.3 Å². The zero-order valence-electron chi connectivity index (χ0n) is 13.1. The highest BCUT2D eigenvalue weighted by Crippen LogP contribution is 2.18. The van der Waals surface area contributed by atoms with Gasteiger partial charge in [-0.2, -0.15) is 0 Å². The van der Waals surface area contributed by atoms with E-state index in [1.807, 2.05) is 18.7 Å². The average molecular weight is 300 g/mol. The molecule has 3 N–H and O–H groups in total. The molecule has 0 aliphatic carbocycles. The Hall–Kier alpha value is -1.14. The smallest absolute Gasteiger partial charge is 0.329 e. The minimum Gasteiger partial charge on any atom is -0.480 e. The van der Waals surface area contributed by atoms with Crippen LogP contribution in [0.1, 0.15) is 46.0 Å². The lowest BCUT2D eigenvalue weighted by Gasteiger charge is -2.33. The van der Waals surface area contributed by atoms with Gasteiger partial charge in [0, 0.05) is 25.0 Å². The summed E-state index contributed by atoms with van der Waals surface area (Å²) in [4.78, 5) is 24.6. The largest absolute Gasteiger partial charge is 0.480 e. The van der Waals surface area contributed by atoms with Crippen molar-refractivity contribution in [2.24, 2.45) is 11.7 Å². The first-order chi connectivity index (χ1) is 9.90. The van der Waals surface area contributed by atoms with Gasteiger partial charge in [-0.05, 0) is 32.6 Å². The van der Waals surface area contributed by atoms with Crippen LogP contribution in [0.3, 0.4) is 0 Å². The Morgan fingerprint density at radius 2 is 1.90 bits per heavy atom. The predicted octanol–water partition coefficient (Wildman–Crippen LogP) is 1.23. The molecule has 6 nitrogen and oxygen atoms in total. The van der Waals surface area contributed by atoms with Gasteiger partial charge in [0.15, 0.2) is 0 Å². The van der Waals surface area contributed by atoms with Crippen LogP contribution in [0.5, 0.6) is 0 Å². The Bertz CT molecular complexity index is 339. The van der Waals surface area contributed by atoms with E-state index in [0.29, 0.717) is 25.9 Å². The number of ether oxygens (including phenoxy) is 1. The van der Waals surface area contributed by atoms with Crippen LogP contribution in [-0.2, 0) is 14.3 Å². The zero-order chi connectivity index (χ0) is 15.8. The summed E-state index contributed by atoms with van der Waals surface area (Å²) in [5.74, 6) is -0.729. The van der Waals surface area contributed by atoms with Crippen LogP contribution in [-0.4, -0.2) is 53.7 Å². The minimum absolute atomic E-state index is 0.0280. The van der Waals surface area contributed by atoms with Crippen molar-refractivity contribution in [3.8, 4) is 0 Å². The first-order valence-electron chi connectivity index (χ1n) is 7.78. The number of aliphatic carboxylic acids is 1. The summed E-state index contributed by atoms with van der Waals surface area (Å²) < 4.78 is 5.27. The molecule has 1 saturated heterocycles. The SMILES string of the molecule is CC(N)CCCC(C)C(=O)N1CCC(OCC(=O)O)CC1. The number of hydrogen-bond acceptors (Lipinski definition) is 4. The molecule has 1 fully saturated rings. The fourth-order valence-electron chi connectivity index (χ4n) is 2.61. The number of amides is 1. The Morgan fingerprint density at radius 1 is 1.29 bits per heavy atom. The van der Waals surface area contributed by atoms with Crippen LogP contribution in [0.25, 0.3) is 0 Å². The molecule has 0 aromatic rings. The van der Waals surface area contributed by atoms with E-state index in [1.54, 1.807) is 0 Å². The summed E-state index contributed by atoms with van der Waals surface area (Å²) in [5, 5.41) is 8.58. The van der Waals surface area contributed by atoms with Crippen LogP contribution >= 0.6 is 0 Å². The van der Waals surface area contributed by atoms with Gasteiger partial charge in [-0.25, -0.2) is 4.79 Å². The van der Waals surface area contributed by atoms with Gasteiger partial charge in [-0.15, -0.1) is 0 Å². The van der Waals surface area contributed by atoms with E-state index >= 15 is 0 Å². The molecule has 0 spiro atoms. The molecule has 1 amide bonds. The van der Waals surface area contributed by atoms with Gasteiger partial charge in [0.2, 0.25) is 5.91 Å². The van der Waals surface area contributed by atoms with E-state index in [-0.39, 0.29) is 30.6 Å². The maximum atomic E-state index is 12.3. The van der Waals surface area contributed by atoms with Crippen LogP contribution in [0.2, 0.25) is 0 Å². The minimum atomic E-state index is -0.948. The molecule has 1 heterocycles. The molecule has 0 saturated carbocycles. The lowest BCUT2D eigenvalue weighted by Crippen LogP contribution is -2.43. The standard InChI is InChI=1S/C15H28N2O4/c1-11(4-3-5-12(2)16)15(20)17-8-6-13(7-9-17)21-10-14(18)19/h11-13H,3-10,16H2,1-2H3,(H,18,19). The van der Waals surface area contributed by atoms with E-state index in [1.165, 1.54) is 0 Å². The summed E-state index contributed by atoms with van der Waals surface area (Å²) in [5.41, 5.74) is 5.71. The van der Waals surface area contributed by atoms with Gasteiger partial charge in [-0.3, -0.25) is 4.79 Å². The van der Waals surface area contributed by atoms with E-state index in [4.69, 9.17) is 15.6 Å². The fourth-order valence-corrected chi connectivity index (χ4v) is 2.61. The molecule has 0 aromatic heterocycles. The molecule has 1 rings (SSSR count). The van der Waals surface area contributed by atoms with E-state index in [2.05, 4.69) is 0 Å². The second-order valence-electron chi connectivity index (χ2n) is 6.04. The number of likely N-dealkylation sites (tertiary alicyclic amines) is 1. The quantitative estimate of drug-likeness (QED) is 0.703. The number of piperidine rings is 1. The highest BCUT2D eigenvalue weighted by atomic mass is 16.5. The normalized spacial score (nSPS) is 19.3. The van der Waals surface area contributed by atoms with E-state index in [9.17, 15) is 9.59 Å². The van der Waals surface area contributed by atoms with Crippen molar-refractivity contribution >= 4 is 11.9 Å². The summed E-state index contributed by atoms with van der Waals surface area (Å²) in [7, 11) is 0. The van der Waals surface area contributed by atoms with Crippen molar-refractivity contribution in [3.63, 3.8) is 0 Å². The Labute approximate surface area is 126 Å². The molecule has 1 aliphatic rings. The molecule has 21 heavy (non-hydrogen) atoms. The van der Waals surface area contributed by atoms with Gasteiger partial charge >= 0.3 is 5.97 Å². The van der Waals surface area contributed by atoms with Gasteiger partial charge < -0.3 is 20.5 Å². The van der Waals surface area contributed by atoms with Gasteiger partial charge in [0.05, 0.1) is 6.10 Å². The van der Waals surface area contributed by atoms with E-state index < -0.39 is 5.97 Å². The molecular formula is C15H28N2O4. The van der Waals surface area contributed by atoms with Crippen molar-refractivity contribution in [2.45, 2.75) is 58.1 Å². The highest BCUT2D eigenvalue weighted by Gasteiger charge is 2.26. The van der Waals surface area contributed by atoms with Gasteiger partial charge in [0.25, 0.3) is 0 Å². The Balaban J connectivity index is 2.26. The summed E-state index contributed by atoms with van der Waals surface area (Å²) in [6, 6.07) is 0.189. The predicted molar refractivity (Wildman–Crippen MR) is 79.9 cm³/mol. The summed E-state index contributed by atoms with van der Waals surface area (Å²) in [6.07, 6.45) is 4.18. The monoisotopic (exact) mass is 300 g/mol. The molecular weight excluding hydrogens is 272 g/mol. The molecule has 2 unspecified atom stereocenters. The van der Waals surface area contributed by atoms with Crippen molar-refractivity contribution < 1.29 is 19.4 Å². The van der Waals surface area contributed by atoms with Crippen molar-refractivity contribution in [1.82, 2.24) is 4.90 Å². The van der Waals surface area contributed by atoms with Crippen LogP contribution in [0.15, 0.2) is 0 Å². The highest BCUT2D eigenvalue weighted by molar-refractivity contribution is 5.78. The number of carboxylic acids is 1. The average Bonchev–Trinajstić information content (AvgIpc) is 2.44. The van der Waals surface area contributed by atoms with Crippen LogP contribution < -0.4 is 5.73 Å². The Kier molecular flexibility index (Phi) is 7.67. The number of nitrogens with two attached hydrogens (primary N) is 1. The first-order valence-corrected chi connectivity index (χ1v) is 7.78. The van der Waals surface area contributed by atoms with Crippen LogP contribution in [0.4, 0.5) is 0 Å². The second kappa shape index (κ2) is 9.00.